The maximum atomic E-state index is 13.0. The summed E-state index contributed by atoms with van der Waals surface area (Å²) in [5.41, 5.74) is 5.39. The van der Waals surface area contributed by atoms with Crippen molar-refractivity contribution < 1.29 is 4.79 Å². The van der Waals surface area contributed by atoms with Gasteiger partial charge < -0.3 is 10.2 Å². The lowest BCUT2D eigenvalue weighted by atomic mass is 10.0. The zero-order chi connectivity index (χ0) is 19.5. The predicted octanol–water partition coefficient (Wildman–Crippen LogP) is 4.21. The number of likely N-dealkylation sites (tertiary alicyclic amines) is 1. The molecular weight excluding hydrogens is 348 g/mol. The molecule has 2 heterocycles. The van der Waals surface area contributed by atoms with Crippen molar-refractivity contribution >= 4 is 11.6 Å². The summed E-state index contributed by atoms with van der Waals surface area (Å²) in [6.07, 6.45) is 5.73. The van der Waals surface area contributed by atoms with E-state index in [9.17, 15) is 4.79 Å². The summed E-state index contributed by atoms with van der Waals surface area (Å²) in [6, 6.07) is 16.3. The first-order valence-corrected chi connectivity index (χ1v) is 9.83. The zero-order valence-electron chi connectivity index (χ0n) is 16.4. The summed E-state index contributed by atoms with van der Waals surface area (Å²) in [4.78, 5) is 14.9. The molecule has 5 heteroatoms. The van der Waals surface area contributed by atoms with Crippen LogP contribution in [0.25, 0.3) is 5.69 Å². The van der Waals surface area contributed by atoms with E-state index in [0.717, 1.165) is 42.9 Å². The van der Waals surface area contributed by atoms with E-state index in [1.807, 2.05) is 41.4 Å². The topological polar surface area (TPSA) is 50.2 Å². The molecule has 1 unspecified atom stereocenters. The Morgan fingerprint density at radius 1 is 1.11 bits per heavy atom. The standard InChI is InChI=1S/C23H26N4O/c1-17-6-9-20(15-18(17)2)25-21-5-3-13-26(16-21)23(28)19-7-10-22(11-8-19)27-14-4-12-24-27/h4,6-12,14-15,21,25H,3,5,13,16H2,1-2H3. The molecule has 1 aliphatic heterocycles. The van der Waals surface area contributed by atoms with Crippen LogP contribution in [0.2, 0.25) is 0 Å². The van der Waals surface area contributed by atoms with Crippen LogP contribution >= 0.6 is 0 Å². The normalized spacial score (nSPS) is 16.8. The van der Waals surface area contributed by atoms with E-state index in [1.165, 1.54) is 11.1 Å². The second-order valence-electron chi connectivity index (χ2n) is 7.53. The number of hydrogen-bond donors (Lipinski definition) is 1. The monoisotopic (exact) mass is 374 g/mol. The first-order valence-electron chi connectivity index (χ1n) is 9.83. The molecule has 1 N–H and O–H groups in total. The Kier molecular flexibility index (Phi) is 5.15. The van der Waals surface area contributed by atoms with Crippen molar-refractivity contribution in [3.63, 3.8) is 0 Å². The lowest BCUT2D eigenvalue weighted by Crippen LogP contribution is -2.45. The van der Waals surface area contributed by atoms with Gasteiger partial charge in [0.2, 0.25) is 0 Å². The fourth-order valence-electron chi connectivity index (χ4n) is 3.71. The van der Waals surface area contributed by atoms with Crippen LogP contribution in [0.1, 0.15) is 34.3 Å². The molecule has 5 nitrogen and oxygen atoms in total. The van der Waals surface area contributed by atoms with Gasteiger partial charge in [-0.25, -0.2) is 4.68 Å². The van der Waals surface area contributed by atoms with Crippen molar-refractivity contribution in [1.29, 1.82) is 0 Å². The van der Waals surface area contributed by atoms with Gasteiger partial charge in [-0.1, -0.05) is 6.07 Å². The molecule has 3 aromatic rings. The first-order chi connectivity index (χ1) is 13.6. The highest BCUT2D eigenvalue weighted by Gasteiger charge is 2.24. The molecule has 1 aliphatic rings. The van der Waals surface area contributed by atoms with Crippen LogP contribution in [0.4, 0.5) is 5.69 Å². The fourth-order valence-corrected chi connectivity index (χ4v) is 3.71. The van der Waals surface area contributed by atoms with E-state index in [0.29, 0.717) is 0 Å². The molecule has 0 spiro atoms. The minimum atomic E-state index is 0.0959. The molecule has 28 heavy (non-hydrogen) atoms. The number of rotatable bonds is 4. The summed E-state index contributed by atoms with van der Waals surface area (Å²) in [5.74, 6) is 0.0959. The Labute approximate surface area is 166 Å². The largest absolute Gasteiger partial charge is 0.381 e. The van der Waals surface area contributed by atoms with Gasteiger partial charge in [-0.2, -0.15) is 5.10 Å². The molecule has 1 amide bonds. The van der Waals surface area contributed by atoms with Gasteiger partial charge >= 0.3 is 0 Å². The maximum Gasteiger partial charge on any atom is 0.253 e. The number of anilines is 1. The summed E-state index contributed by atoms with van der Waals surface area (Å²) >= 11 is 0. The molecule has 1 saturated heterocycles. The number of aryl methyl sites for hydroxylation is 2. The van der Waals surface area contributed by atoms with Crippen molar-refractivity contribution in [2.24, 2.45) is 0 Å². The number of aromatic nitrogens is 2. The number of hydrogen-bond acceptors (Lipinski definition) is 3. The van der Waals surface area contributed by atoms with Crippen molar-refractivity contribution in [3.8, 4) is 5.69 Å². The lowest BCUT2D eigenvalue weighted by molar-refractivity contribution is 0.0715. The van der Waals surface area contributed by atoms with Gasteiger partial charge in [0, 0.05) is 42.8 Å². The van der Waals surface area contributed by atoms with E-state index in [1.54, 1.807) is 10.9 Å². The highest BCUT2D eigenvalue weighted by atomic mass is 16.2. The molecule has 1 atom stereocenters. The number of carbonyl (C=O) groups is 1. The minimum Gasteiger partial charge on any atom is -0.381 e. The third kappa shape index (κ3) is 3.93. The van der Waals surface area contributed by atoms with Gasteiger partial charge in [-0.3, -0.25) is 4.79 Å². The third-order valence-corrected chi connectivity index (χ3v) is 5.47. The van der Waals surface area contributed by atoms with Crippen molar-refractivity contribution in [2.45, 2.75) is 32.7 Å². The predicted molar refractivity (Wildman–Crippen MR) is 112 cm³/mol. The Hall–Kier alpha value is -3.08. The average Bonchev–Trinajstić information content (AvgIpc) is 3.25. The number of amides is 1. The van der Waals surface area contributed by atoms with Gasteiger partial charge in [0.05, 0.1) is 5.69 Å². The van der Waals surface area contributed by atoms with Crippen molar-refractivity contribution in [1.82, 2.24) is 14.7 Å². The lowest BCUT2D eigenvalue weighted by Gasteiger charge is -2.34. The Bertz CT molecular complexity index is 947. The smallest absolute Gasteiger partial charge is 0.253 e. The summed E-state index contributed by atoms with van der Waals surface area (Å²) in [7, 11) is 0. The molecule has 144 valence electrons. The highest BCUT2D eigenvalue weighted by molar-refractivity contribution is 5.94. The maximum absolute atomic E-state index is 13.0. The summed E-state index contributed by atoms with van der Waals surface area (Å²) in [6.45, 7) is 5.79. The number of benzene rings is 2. The van der Waals surface area contributed by atoms with E-state index in [2.05, 4.69) is 42.5 Å². The van der Waals surface area contributed by atoms with E-state index < -0.39 is 0 Å². The van der Waals surface area contributed by atoms with E-state index >= 15 is 0 Å². The zero-order valence-corrected chi connectivity index (χ0v) is 16.4. The van der Waals surface area contributed by atoms with Crippen molar-refractivity contribution in [3.05, 3.63) is 77.6 Å². The number of piperidine rings is 1. The second-order valence-corrected chi connectivity index (χ2v) is 7.53. The van der Waals surface area contributed by atoms with E-state index in [4.69, 9.17) is 0 Å². The van der Waals surface area contributed by atoms with Crippen LogP contribution < -0.4 is 5.32 Å². The Balaban J connectivity index is 1.42. The third-order valence-electron chi connectivity index (χ3n) is 5.47. The van der Waals surface area contributed by atoms with Gasteiger partial charge in [0.1, 0.15) is 0 Å². The molecule has 4 rings (SSSR count). The van der Waals surface area contributed by atoms with Crippen LogP contribution in [-0.4, -0.2) is 39.7 Å². The molecule has 1 fully saturated rings. The number of nitrogens with zero attached hydrogens (tertiary/aromatic N) is 3. The van der Waals surface area contributed by atoms with E-state index in [-0.39, 0.29) is 11.9 Å². The summed E-state index contributed by atoms with van der Waals surface area (Å²) < 4.78 is 1.79. The summed E-state index contributed by atoms with van der Waals surface area (Å²) in [5, 5.41) is 7.83. The highest BCUT2D eigenvalue weighted by Crippen LogP contribution is 2.20. The molecule has 0 radical (unpaired) electrons. The molecule has 2 aromatic carbocycles. The number of carbonyl (C=O) groups excluding carboxylic acids is 1. The van der Waals surface area contributed by atoms with Crippen LogP contribution in [-0.2, 0) is 0 Å². The molecule has 0 aliphatic carbocycles. The fraction of sp³-hybridized carbons (Fsp3) is 0.304. The molecule has 1 aromatic heterocycles. The van der Waals surface area contributed by atoms with Gasteiger partial charge in [-0.05, 0) is 80.3 Å². The van der Waals surface area contributed by atoms with Crippen molar-refractivity contribution in [2.75, 3.05) is 18.4 Å². The first kappa shape index (κ1) is 18.3. The van der Waals surface area contributed by atoms with Gasteiger partial charge in [0.15, 0.2) is 0 Å². The molecule has 0 bridgehead atoms. The number of nitrogens with one attached hydrogen (secondary N) is 1. The quantitative estimate of drug-likeness (QED) is 0.744. The van der Waals surface area contributed by atoms with Crippen LogP contribution in [0.15, 0.2) is 60.9 Å². The van der Waals surface area contributed by atoms with Gasteiger partial charge in [0.25, 0.3) is 5.91 Å². The van der Waals surface area contributed by atoms with Crippen LogP contribution in [0, 0.1) is 13.8 Å². The van der Waals surface area contributed by atoms with Gasteiger partial charge in [-0.15, -0.1) is 0 Å². The van der Waals surface area contributed by atoms with Crippen LogP contribution in [0.3, 0.4) is 0 Å². The Morgan fingerprint density at radius 3 is 2.64 bits per heavy atom. The molecule has 0 saturated carbocycles. The minimum absolute atomic E-state index is 0.0959. The Morgan fingerprint density at radius 2 is 1.93 bits per heavy atom. The van der Waals surface area contributed by atoms with Crippen LogP contribution in [0.5, 0.6) is 0 Å². The second kappa shape index (κ2) is 7.89. The average molecular weight is 374 g/mol. The SMILES string of the molecule is Cc1ccc(NC2CCCN(C(=O)c3ccc(-n4cccn4)cc3)C2)cc1C. The molecular formula is C23H26N4O.